The summed E-state index contributed by atoms with van der Waals surface area (Å²) in [7, 11) is 0. The summed E-state index contributed by atoms with van der Waals surface area (Å²) in [6.45, 7) is 8.92. The van der Waals surface area contributed by atoms with Crippen LogP contribution < -0.4 is 5.32 Å². The van der Waals surface area contributed by atoms with Crippen LogP contribution in [0.25, 0.3) is 0 Å². The highest BCUT2D eigenvalue weighted by atomic mass is 16.2. The van der Waals surface area contributed by atoms with Gasteiger partial charge in [0.1, 0.15) is 0 Å². The van der Waals surface area contributed by atoms with Gasteiger partial charge in [0.15, 0.2) is 0 Å². The molecule has 2 aliphatic carbocycles. The normalized spacial score (nSPS) is 37.3. The van der Waals surface area contributed by atoms with E-state index in [1.54, 1.807) is 0 Å². The SMILES string of the molecule is CC1(C)C(NCCCCCCO)[C@]2(C)CC[C@H]1C2. The molecule has 2 saturated carbocycles. The topological polar surface area (TPSA) is 32.3 Å². The number of nitrogens with one attached hydrogen (secondary N) is 1. The van der Waals surface area contributed by atoms with Gasteiger partial charge in [0.05, 0.1) is 0 Å². The Bertz CT molecular complexity index is 272. The predicted molar refractivity (Wildman–Crippen MR) is 76.6 cm³/mol. The molecule has 0 spiro atoms. The number of rotatable bonds is 7. The fraction of sp³-hybridized carbons (Fsp3) is 1.00. The lowest BCUT2D eigenvalue weighted by Gasteiger charge is -2.43. The molecule has 0 amide bonds. The summed E-state index contributed by atoms with van der Waals surface area (Å²) in [5.74, 6) is 0.939. The highest BCUT2D eigenvalue weighted by molar-refractivity contribution is 5.11. The third-order valence-electron chi connectivity index (χ3n) is 5.70. The van der Waals surface area contributed by atoms with Crippen LogP contribution in [-0.2, 0) is 0 Å². The average Bonchev–Trinajstić information content (AvgIpc) is 2.78. The predicted octanol–water partition coefficient (Wildman–Crippen LogP) is 3.34. The van der Waals surface area contributed by atoms with Crippen LogP contribution in [0.5, 0.6) is 0 Å². The first-order chi connectivity index (χ1) is 8.50. The maximum absolute atomic E-state index is 8.75. The van der Waals surface area contributed by atoms with Crippen molar-refractivity contribution >= 4 is 0 Å². The largest absolute Gasteiger partial charge is 0.396 e. The lowest BCUT2D eigenvalue weighted by atomic mass is 9.68. The first-order valence-electron chi connectivity index (χ1n) is 7.85. The molecule has 3 atom stereocenters. The quantitative estimate of drug-likeness (QED) is 0.682. The second-order valence-electron chi connectivity index (χ2n) is 7.44. The standard InChI is InChI=1S/C16H31NO/c1-15(2)13-8-9-16(3,12-13)14(15)17-10-6-4-5-7-11-18/h13-14,17-18H,4-12H2,1-3H3/t13-,14?,16+/m0/s1. The highest BCUT2D eigenvalue weighted by Crippen LogP contribution is 2.62. The molecule has 0 aromatic rings. The van der Waals surface area contributed by atoms with Crippen molar-refractivity contribution in [3.8, 4) is 0 Å². The third kappa shape index (κ3) is 2.60. The minimum atomic E-state index is 0.350. The Morgan fingerprint density at radius 3 is 2.44 bits per heavy atom. The highest BCUT2D eigenvalue weighted by Gasteiger charge is 2.58. The Balaban J connectivity index is 1.75. The van der Waals surface area contributed by atoms with Crippen LogP contribution in [0.3, 0.4) is 0 Å². The van der Waals surface area contributed by atoms with Gasteiger partial charge in [0.25, 0.3) is 0 Å². The van der Waals surface area contributed by atoms with Crippen LogP contribution in [0.4, 0.5) is 0 Å². The van der Waals surface area contributed by atoms with E-state index in [1.807, 2.05) is 0 Å². The molecular weight excluding hydrogens is 222 g/mol. The van der Waals surface area contributed by atoms with Crippen LogP contribution in [0, 0.1) is 16.7 Å². The zero-order valence-corrected chi connectivity index (χ0v) is 12.5. The average molecular weight is 253 g/mol. The summed E-state index contributed by atoms with van der Waals surface area (Å²) in [6, 6.07) is 0.710. The summed E-state index contributed by atoms with van der Waals surface area (Å²) < 4.78 is 0. The van der Waals surface area contributed by atoms with Crippen LogP contribution in [0.1, 0.15) is 65.7 Å². The summed E-state index contributed by atoms with van der Waals surface area (Å²) >= 11 is 0. The molecule has 0 radical (unpaired) electrons. The van der Waals surface area contributed by atoms with Crippen LogP contribution in [0.15, 0.2) is 0 Å². The molecule has 2 fully saturated rings. The van der Waals surface area contributed by atoms with Gasteiger partial charge in [-0.3, -0.25) is 0 Å². The number of hydrogen-bond acceptors (Lipinski definition) is 2. The molecule has 106 valence electrons. The number of aliphatic hydroxyl groups excluding tert-OH is 1. The third-order valence-corrected chi connectivity index (χ3v) is 5.70. The molecule has 2 N–H and O–H groups in total. The van der Waals surface area contributed by atoms with Crippen molar-refractivity contribution in [2.24, 2.45) is 16.7 Å². The maximum Gasteiger partial charge on any atom is 0.0431 e. The first-order valence-corrected chi connectivity index (χ1v) is 7.85. The van der Waals surface area contributed by atoms with Gasteiger partial charge in [0, 0.05) is 12.6 Å². The zero-order chi connectivity index (χ0) is 13.2. The molecule has 0 saturated heterocycles. The minimum Gasteiger partial charge on any atom is -0.396 e. The number of unbranched alkanes of at least 4 members (excludes halogenated alkanes) is 3. The Morgan fingerprint density at radius 2 is 1.83 bits per heavy atom. The molecule has 2 nitrogen and oxygen atoms in total. The van der Waals surface area contributed by atoms with Crippen molar-refractivity contribution in [2.75, 3.05) is 13.2 Å². The second kappa shape index (κ2) is 5.50. The van der Waals surface area contributed by atoms with E-state index in [-0.39, 0.29) is 0 Å². The van der Waals surface area contributed by atoms with Crippen LogP contribution in [-0.4, -0.2) is 24.3 Å². The number of fused-ring (bicyclic) bond motifs is 2. The van der Waals surface area contributed by atoms with Crippen molar-refractivity contribution in [2.45, 2.75) is 71.8 Å². The molecule has 2 bridgehead atoms. The molecule has 2 rings (SSSR count). The van der Waals surface area contributed by atoms with Crippen LogP contribution in [0.2, 0.25) is 0 Å². The Labute approximate surface area is 113 Å². The van der Waals surface area contributed by atoms with Crippen LogP contribution >= 0.6 is 0 Å². The first kappa shape index (κ1) is 14.3. The summed E-state index contributed by atoms with van der Waals surface area (Å²) in [4.78, 5) is 0. The van der Waals surface area contributed by atoms with E-state index < -0.39 is 0 Å². The van der Waals surface area contributed by atoms with E-state index in [1.165, 1.54) is 38.5 Å². The molecule has 0 heterocycles. The fourth-order valence-electron chi connectivity index (χ4n) is 4.65. The van der Waals surface area contributed by atoms with E-state index in [2.05, 4.69) is 26.1 Å². The van der Waals surface area contributed by atoms with Gasteiger partial charge in [-0.05, 0) is 55.4 Å². The molecule has 0 aliphatic heterocycles. The van der Waals surface area contributed by atoms with Crippen molar-refractivity contribution in [1.29, 1.82) is 0 Å². The molecule has 0 aromatic carbocycles. The van der Waals surface area contributed by atoms with Crippen molar-refractivity contribution in [3.05, 3.63) is 0 Å². The molecule has 18 heavy (non-hydrogen) atoms. The number of aliphatic hydroxyl groups is 1. The van der Waals surface area contributed by atoms with Gasteiger partial charge in [-0.2, -0.15) is 0 Å². The van der Waals surface area contributed by atoms with E-state index in [0.717, 1.165) is 18.9 Å². The van der Waals surface area contributed by atoms with E-state index in [9.17, 15) is 0 Å². The van der Waals surface area contributed by atoms with Gasteiger partial charge >= 0.3 is 0 Å². The summed E-state index contributed by atoms with van der Waals surface area (Å²) in [5.41, 5.74) is 1.04. The lowest BCUT2D eigenvalue weighted by Crippen LogP contribution is -2.50. The van der Waals surface area contributed by atoms with Gasteiger partial charge in [0.2, 0.25) is 0 Å². The summed E-state index contributed by atoms with van der Waals surface area (Å²) in [5, 5.41) is 12.6. The smallest absolute Gasteiger partial charge is 0.0431 e. The molecule has 2 heteroatoms. The molecule has 2 aliphatic rings. The monoisotopic (exact) mass is 253 g/mol. The molecular formula is C16H31NO. The Kier molecular flexibility index (Phi) is 4.38. The van der Waals surface area contributed by atoms with Crippen molar-refractivity contribution in [3.63, 3.8) is 0 Å². The van der Waals surface area contributed by atoms with E-state index in [4.69, 9.17) is 5.11 Å². The van der Waals surface area contributed by atoms with Gasteiger partial charge in [-0.15, -0.1) is 0 Å². The zero-order valence-electron chi connectivity index (χ0n) is 12.5. The Hall–Kier alpha value is -0.0800. The minimum absolute atomic E-state index is 0.350. The van der Waals surface area contributed by atoms with Gasteiger partial charge < -0.3 is 10.4 Å². The van der Waals surface area contributed by atoms with Crippen molar-refractivity contribution < 1.29 is 5.11 Å². The van der Waals surface area contributed by atoms with Crippen molar-refractivity contribution in [1.82, 2.24) is 5.32 Å². The van der Waals surface area contributed by atoms with E-state index in [0.29, 0.717) is 23.5 Å². The molecule has 1 unspecified atom stereocenters. The van der Waals surface area contributed by atoms with Gasteiger partial charge in [-0.1, -0.05) is 33.6 Å². The summed E-state index contributed by atoms with van der Waals surface area (Å²) in [6.07, 6.45) is 8.94. The lowest BCUT2D eigenvalue weighted by molar-refractivity contribution is 0.109. The van der Waals surface area contributed by atoms with Gasteiger partial charge in [-0.25, -0.2) is 0 Å². The fourth-order valence-corrected chi connectivity index (χ4v) is 4.65. The van der Waals surface area contributed by atoms with E-state index >= 15 is 0 Å². The maximum atomic E-state index is 8.75. The number of hydrogen-bond donors (Lipinski definition) is 2. The molecule has 0 aromatic heterocycles. The second-order valence-corrected chi connectivity index (χ2v) is 7.44. The Morgan fingerprint density at radius 1 is 1.11 bits per heavy atom.